The van der Waals surface area contributed by atoms with Crippen molar-refractivity contribution in [2.45, 2.75) is 177 Å². The molecule has 19 heteroatoms. The van der Waals surface area contributed by atoms with Crippen LogP contribution < -0.4 is 0 Å². The van der Waals surface area contributed by atoms with Gasteiger partial charge in [-0.1, -0.05) is 52.6 Å². The molecular weight excluding hydrogens is 940 g/mol. The maximum absolute atomic E-state index is 5.32. The zero-order valence-electron chi connectivity index (χ0n) is 47.4. The number of hydrogen-bond donors (Lipinski definition) is 0. The first-order valence-corrected chi connectivity index (χ1v) is 49.8. The third kappa shape index (κ3) is 145. The summed E-state index contributed by atoms with van der Waals surface area (Å²) in [5, 5.41) is 0. The van der Waals surface area contributed by atoms with E-state index in [1.54, 1.807) is 63.8 Å². The van der Waals surface area contributed by atoms with Crippen molar-refractivity contribution in [3.8, 4) is 0 Å². The Hall–Kier alpha value is 1.66. The first-order valence-electron chi connectivity index (χ1n) is 20.9. The van der Waals surface area contributed by atoms with Gasteiger partial charge in [0.25, 0.3) is 0 Å². The smallest absolute Gasteiger partial charge is 0.331 e. The number of rotatable bonds is 13. The third-order valence-corrected chi connectivity index (χ3v) is 20.7. The Bertz CT molecular complexity index is 761. The molecule has 1 radical (unpaired) electrons. The van der Waals surface area contributed by atoms with Gasteiger partial charge in [-0.2, -0.15) is 6.92 Å². The molecule has 0 rings (SSSR count). The molecule has 0 aromatic heterocycles. The van der Waals surface area contributed by atoms with Gasteiger partial charge in [0.05, 0.1) is 16.1 Å². The molecule has 0 saturated carbocycles. The first kappa shape index (κ1) is 88.4. The minimum absolute atomic E-state index is 0. The second-order valence-corrected chi connectivity index (χ2v) is 58.1. The summed E-state index contributed by atoms with van der Waals surface area (Å²) in [4.78, 5) is 0. The molecule has 0 N–H and O–H groups in total. The average molecular weight is 1060 g/mol. The molecule has 0 atom stereocenters. The van der Waals surface area contributed by atoms with Crippen molar-refractivity contribution in [3.05, 3.63) is 31.5 Å². The van der Waals surface area contributed by atoms with E-state index in [0.29, 0.717) is 0 Å². The van der Waals surface area contributed by atoms with Crippen LogP contribution in [-0.2, 0) is 58.4 Å². The Labute approximate surface area is 403 Å². The molecule has 0 bridgehead atoms. The van der Waals surface area contributed by atoms with E-state index in [0.717, 1.165) is 0 Å². The standard InChI is InChI=1S/C6H16OSi.2C5H12Si.2C4H12O2Si.3C4H12OSi.C3H10OSi.C2H5.V/c1-5-6-8(3,4)7-2;2*1-5-6(2,3)4;2*1-5-7(3,4)6-2;3*1-5-6(2,3)4;1-4-5(2)3;1-2;/h5-6H2,1-4H3;2*5H,1H2,2-4H3;2*1-4H3;3*1-4H3;5H,1-3H3;1H2,2H3;/q;;;;;;;;;-1;. The van der Waals surface area contributed by atoms with Gasteiger partial charge in [-0.25, -0.2) is 0 Å². The Morgan fingerprint density at radius 3 is 0.583 bits per heavy atom. The van der Waals surface area contributed by atoms with Gasteiger partial charge in [-0.15, -0.1) is 24.6 Å². The Balaban J connectivity index is -0.0000000498. The molecule has 0 aliphatic rings. The van der Waals surface area contributed by atoms with E-state index in [1.807, 2.05) is 33.3 Å². The van der Waals surface area contributed by atoms with Crippen molar-refractivity contribution in [1.29, 1.82) is 0 Å². The largest absolute Gasteiger partial charge is 0.424 e. The monoisotopic (exact) mass is 1050 g/mol. The zero-order valence-corrected chi connectivity index (χ0v) is 57.9. The predicted molar refractivity (Wildman–Crippen MR) is 298 cm³/mol. The molecule has 0 heterocycles. The van der Waals surface area contributed by atoms with E-state index in [1.165, 1.54) is 12.5 Å². The molecule has 375 valence electrons. The van der Waals surface area contributed by atoms with E-state index in [-0.39, 0.29) is 18.6 Å². The fourth-order valence-electron chi connectivity index (χ4n) is 0.871. The van der Waals surface area contributed by atoms with E-state index in [9.17, 15) is 0 Å². The van der Waals surface area contributed by atoms with Gasteiger partial charge < -0.3 is 46.8 Å². The molecule has 0 spiro atoms. The van der Waals surface area contributed by atoms with Gasteiger partial charge >= 0.3 is 17.1 Å². The zero-order chi connectivity index (χ0) is 50.8. The van der Waals surface area contributed by atoms with Crippen molar-refractivity contribution < 1.29 is 58.4 Å². The Morgan fingerprint density at radius 2 is 0.567 bits per heavy atom. The summed E-state index contributed by atoms with van der Waals surface area (Å²) in [5.41, 5.74) is 4.15. The van der Waals surface area contributed by atoms with Crippen LogP contribution in [0.4, 0.5) is 0 Å². The van der Waals surface area contributed by atoms with Crippen LogP contribution in [-0.4, -0.2) is 140 Å². The minimum atomic E-state index is -1.65. The van der Waals surface area contributed by atoms with Crippen LogP contribution in [0.3, 0.4) is 0 Å². The van der Waals surface area contributed by atoms with E-state index in [2.05, 4.69) is 163 Å². The molecule has 0 aliphatic heterocycles. The van der Waals surface area contributed by atoms with E-state index in [4.69, 9.17) is 39.8 Å². The quantitative estimate of drug-likeness (QED) is 0.132. The third-order valence-electron chi connectivity index (χ3n) is 6.90. The summed E-state index contributed by atoms with van der Waals surface area (Å²) in [6.45, 7) is 64.4. The summed E-state index contributed by atoms with van der Waals surface area (Å²) in [6, 6.07) is 1.28. The van der Waals surface area contributed by atoms with Crippen LogP contribution in [0.15, 0.2) is 24.6 Å². The maximum atomic E-state index is 5.32. The second-order valence-electron chi connectivity index (χ2n) is 19.7. The molecule has 60 heavy (non-hydrogen) atoms. The van der Waals surface area contributed by atoms with Gasteiger partial charge in [0, 0.05) is 82.5 Å². The van der Waals surface area contributed by atoms with Crippen molar-refractivity contribution in [2.75, 3.05) is 64.0 Å². The fraction of sp³-hybridized carbons (Fsp3) is 0.878. The molecule has 9 nitrogen and oxygen atoms in total. The van der Waals surface area contributed by atoms with Crippen LogP contribution in [0.5, 0.6) is 0 Å². The van der Waals surface area contributed by atoms with Gasteiger partial charge in [0.15, 0.2) is 42.3 Å². The van der Waals surface area contributed by atoms with Crippen molar-refractivity contribution in [2.24, 2.45) is 0 Å². The molecule has 0 saturated heterocycles. The summed E-state index contributed by atoms with van der Waals surface area (Å²) in [7, 11) is 5.34. The van der Waals surface area contributed by atoms with Gasteiger partial charge in [-0.3, -0.25) is 0 Å². The number of hydrogen-bond acceptors (Lipinski definition) is 9. The topological polar surface area (TPSA) is 83.1 Å². The molecule has 0 aromatic carbocycles. The van der Waals surface area contributed by atoms with Gasteiger partial charge in [0.2, 0.25) is 0 Å². The second kappa shape index (κ2) is 50.1. The van der Waals surface area contributed by atoms with Crippen LogP contribution >= 0.6 is 0 Å². The summed E-state index contributed by atoms with van der Waals surface area (Å²) in [6.07, 6.45) is 1.26. The van der Waals surface area contributed by atoms with Crippen molar-refractivity contribution in [1.82, 2.24) is 0 Å². The maximum Gasteiger partial charge on any atom is 0.331 e. The first-order chi connectivity index (χ1) is 25.9. The van der Waals surface area contributed by atoms with Crippen LogP contribution in [0.2, 0.25) is 157 Å². The van der Waals surface area contributed by atoms with Crippen molar-refractivity contribution >= 4 is 75.6 Å². The molecule has 0 aliphatic carbocycles. The average Bonchev–Trinajstić information content (AvgIpc) is 3.13. The fourth-order valence-corrected chi connectivity index (χ4v) is 2.61. The molecule has 0 unspecified atom stereocenters. The SMILES string of the molecule is C=C[Si](C)(C)C.C=C[Si](C)(C)C.CCC[Si](C)(C)OC.CO[SiH](C)C.CO[Si](C)(C)C.CO[Si](C)(C)C.CO[Si](C)(C)C.CO[Si](C)(C)OC.CO[Si](C)(C)OC.[CH2-]C.[V]. The molecule has 0 amide bonds. The molecule has 0 fully saturated rings. The van der Waals surface area contributed by atoms with Crippen LogP contribution in [0.25, 0.3) is 0 Å². The van der Waals surface area contributed by atoms with Crippen molar-refractivity contribution in [3.63, 3.8) is 0 Å². The van der Waals surface area contributed by atoms with Gasteiger partial charge in [0.1, 0.15) is 0 Å². The summed E-state index contributed by atoms with van der Waals surface area (Å²) in [5.74, 6) is 0. The normalized spacial score (nSPS) is 11.1. The van der Waals surface area contributed by atoms with Crippen LogP contribution in [0.1, 0.15) is 20.3 Å². The summed E-state index contributed by atoms with van der Waals surface area (Å²) >= 11 is 0. The molecular formula is C41H115O9Si9V-. The molecule has 0 aromatic rings. The van der Waals surface area contributed by atoms with Gasteiger partial charge in [-0.05, 0) is 117 Å². The van der Waals surface area contributed by atoms with E-state index >= 15 is 0 Å². The van der Waals surface area contributed by atoms with Crippen LogP contribution in [0, 0.1) is 6.92 Å². The Kier molecular flexibility index (Phi) is 73.8. The summed E-state index contributed by atoms with van der Waals surface area (Å²) < 4.78 is 45.4. The minimum Gasteiger partial charge on any atom is -0.424 e. The van der Waals surface area contributed by atoms with E-state index < -0.39 is 75.6 Å². The Morgan fingerprint density at radius 1 is 0.417 bits per heavy atom. The predicted octanol–water partition coefficient (Wildman–Crippen LogP) is 14.2.